The first-order valence-corrected chi connectivity index (χ1v) is 9.72. The smallest absolute Gasteiger partial charge is 0.233 e. The topological polar surface area (TPSA) is 60.5 Å². The Morgan fingerprint density at radius 2 is 2.21 bits per heavy atom. The zero-order chi connectivity index (χ0) is 19.5. The van der Waals surface area contributed by atoms with Gasteiger partial charge in [0.15, 0.2) is 5.13 Å². The molecule has 1 amide bonds. The molecule has 1 N–H and O–H groups in total. The summed E-state index contributed by atoms with van der Waals surface area (Å²) in [4.78, 5) is 17.8. The van der Waals surface area contributed by atoms with Gasteiger partial charge in [0.05, 0.1) is 13.0 Å². The quantitative estimate of drug-likeness (QED) is 0.704. The van der Waals surface area contributed by atoms with Crippen LogP contribution in [0.3, 0.4) is 0 Å². The fourth-order valence-corrected chi connectivity index (χ4v) is 3.99. The molecule has 7 heteroatoms. The Morgan fingerprint density at radius 1 is 1.36 bits per heavy atom. The Labute approximate surface area is 166 Å². The summed E-state index contributed by atoms with van der Waals surface area (Å²) in [7, 11) is 1.61. The first-order chi connectivity index (χ1) is 13.6. The van der Waals surface area contributed by atoms with Crippen LogP contribution >= 0.6 is 11.3 Å². The van der Waals surface area contributed by atoms with E-state index < -0.39 is 0 Å². The number of nitrogens with zero attached hydrogens (tertiary/aromatic N) is 1. The molecule has 28 heavy (non-hydrogen) atoms. The van der Waals surface area contributed by atoms with Crippen LogP contribution in [-0.4, -0.2) is 24.6 Å². The number of fused-ring (bicyclic) bond motifs is 1. The number of halogens is 1. The summed E-state index contributed by atoms with van der Waals surface area (Å²) in [5, 5.41) is 3.36. The number of anilines is 1. The van der Waals surface area contributed by atoms with Gasteiger partial charge >= 0.3 is 0 Å². The second-order valence-electron chi connectivity index (χ2n) is 6.57. The van der Waals surface area contributed by atoms with E-state index in [1.54, 1.807) is 31.5 Å². The SMILES string of the molecule is COc1ccc2c(c1)CC(C(=O)Nc1ncc(Cc3ccccc3F)s1)CO2. The maximum absolute atomic E-state index is 13.8. The molecule has 0 aliphatic carbocycles. The number of benzene rings is 2. The van der Waals surface area contributed by atoms with Gasteiger partial charge in [-0.1, -0.05) is 18.2 Å². The largest absolute Gasteiger partial charge is 0.497 e. The summed E-state index contributed by atoms with van der Waals surface area (Å²) in [6.07, 6.45) is 2.69. The highest BCUT2D eigenvalue weighted by Crippen LogP contribution is 2.31. The van der Waals surface area contributed by atoms with E-state index in [2.05, 4.69) is 10.3 Å². The average molecular weight is 398 g/mol. The molecule has 0 fully saturated rings. The Hall–Kier alpha value is -2.93. The standard InChI is InChI=1S/C21H19FN2O3S/c1-26-16-6-7-19-14(9-16)8-15(12-27-19)20(25)24-21-23-11-17(28-21)10-13-4-2-3-5-18(13)22/h2-7,9,11,15H,8,10,12H2,1H3,(H,23,24,25). The Balaban J connectivity index is 1.40. The van der Waals surface area contributed by atoms with E-state index in [1.165, 1.54) is 17.4 Å². The molecule has 4 rings (SSSR count). The van der Waals surface area contributed by atoms with Crippen LogP contribution in [0.4, 0.5) is 9.52 Å². The zero-order valence-corrected chi connectivity index (χ0v) is 16.1. The third kappa shape index (κ3) is 3.99. The van der Waals surface area contributed by atoms with Crippen molar-refractivity contribution in [3.63, 3.8) is 0 Å². The third-order valence-corrected chi connectivity index (χ3v) is 5.56. The van der Waals surface area contributed by atoms with Crippen LogP contribution in [0.2, 0.25) is 0 Å². The van der Waals surface area contributed by atoms with E-state index in [9.17, 15) is 9.18 Å². The maximum atomic E-state index is 13.8. The molecule has 0 saturated heterocycles. The first-order valence-electron chi connectivity index (χ1n) is 8.91. The molecule has 5 nitrogen and oxygen atoms in total. The van der Waals surface area contributed by atoms with Crippen LogP contribution in [0.15, 0.2) is 48.7 Å². The lowest BCUT2D eigenvalue weighted by atomic mass is 9.96. The molecule has 2 heterocycles. The summed E-state index contributed by atoms with van der Waals surface area (Å²) < 4.78 is 24.8. The number of nitrogens with one attached hydrogen (secondary N) is 1. The van der Waals surface area contributed by atoms with Crippen LogP contribution in [0.5, 0.6) is 11.5 Å². The number of hydrogen-bond acceptors (Lipinski definition) is 5. The zero-order valence-electron chi connectivity index (χ0n) is 15.3. The van der Waals surface area contributed by atoms with Gasteiger partial charge in [-0.3, -0.25) is 4.79 Å². The summed E-state index contributed by atoms with van der Waals surface area (Å²) in [5.74, 6) is 0.834. The number of thiazole rings is 1. The van der Waals surface area contributed by atoms with Gasteiger partial charge in [-0.15, -0.1) is 11.3 Å². The highest BCUT2D eigenvalue weighted by molar-refractivity contribution is 7.15. The van der Waals surface area contributed by atoms with Gasteiger partial charge in [-0.25, -0.2) is 9.37 Å². The van der Waals surface area contributed by atoms with Gasteiger partial charge in [0.1, 0.15) is 23.9 Å². The van der Waals surface area contributed by atoms with Crippen molar-refractivity contribution in [1.29, 1.82) is 0 Å². The molecule has 1 atom stereocenters. The predicted molar refractivity (Wildman–Crippen MR) is 106 cm³/mol. The Bertz CT molecular complexity index is 1000. The summed E-state index contributed by atoms with van der Waals surface area (Å²) >= 11 is 1.35. The lowest BCUT2D eigenvalue weighted by Crippen LogP contribution is -2.32. The van der Waals surface area contributed by atoms with Crippen molar-refractivity contribution in [1.82, 2.24) is 4.98 Å². The summed E-state index contributed by atoms with van der Waals surface area (Å²) in [5.41, 5.74) is 1.56. The molecule has 1 aliphatic rings. The van der Waals surface area contributed by atoms with E-state index in [1.807, 2.05) is 18.2 Å². The number of aromatic nitrogens is 1. The van der Waals surface area contributed by atoms with Gasteiger partial charge in [-0.05, 0) is 41.8 Å². The lowest BCUT2D eigenvalue weighted by molar-refractivity contribution is -0.121. The number of ether oxygens (including phenoxy) is 2. The molecule has 1 aromatic heterocycles. The molecule has 0 spiro atoms. The molecular formula is C21H19FN2O3S. The van der Waals surface area contributed by atoms with E-state index >= 15 is 0 Å². The second kappa shape index (κ2) is 7.98. The van der Waals surface area contributed by atoms with Crippen molar-refractivity contribution in [3.05, 3.63) is 70.5 Å². The Kier molecular flexibility index (Phi) is 5.25. The highest BCUT2D eigenvalue weighted by Gasteiger charge is 2.27. The number of methoxy groups -OCH3 is 1. The summed E-state index contributed by atoms with van der Waals surface area (Å²) in [6, 6.07) is 12.2. The highest BCUT2D eigenvalue weighted by atomic mass is 32.1. The van der Waals surface area contributed by atoms with Crippen LogP contribution < -0.4 is 14.8 Å². The number of carbonyl (C=O) groups excluding carboxylic acids is 1. The van der Waals surface area contributed by atoms with Crippen molar-refractivity contribution >= 4 is 22.4 Å². The van der Waals surface area contributed by atoms with Gasteiger partial charge in [0.25, 0.3) is 0 Å². The van der Waals surface area contributed by atoms with E-state index in [0.29, 0.717) is 30.1 Å². The van der Waals surface area contributed by atoms with Crippen molar-refractivity contribution < 1.29 is 18.7 Å². The molecule has 0 bridgehead atoms. The minimum Gasteiger partial charge on any atom is -0.497 e. The van der Waals surface area contributed by atoms with E-state index in [4.69, 9.17) is 9.47 Å². The molecule has 1 aliphatic heterocycles. The van der Waals surface area contributed by atoms with Gasteiger partial charge in [0.2, 0.25) is 5.91 Å². The molecule has 2 aromatic carbocycles. The van der Waals surface area contributed by atoms with Gasteiger partial charge in [0, 0.05) is 17.5 Å². The number of rotatable bonds is 5. The van der Waals surface area contributed by atoms with Gasteiger partial charge < -0.3 is 14.8 Å². The van der Waals surface area contributed by atoms with Crippen LogP contribution in [0, 0.1) is 11.7 Å². The minimum atomic E-state index is -0.307. The van der Waals surface area contributed by atoms with E-state index in [0.717, 1.165) is 21.9 Å². The number of carbonyl (C=O) groups is 1. The first kappa shape index (κ1) is 18.4. The monoisotopic (exact) mass is 398 g/mol. The lowest BCUT2D eigenvalue weighted by Gasteiger charge is -2.24. The predicted octanol–water partition coefficient (Wildman–Crippen LogP) is 4.07. The van der Waals surface area contributed by atoms with Crippen molar-refractivity contribution in [2.75, 3.05) is 19.0 Å². The van der Waals surface area contributed by atoms with E-state index in [-0.39, 0.29) is 17.6 Å². The second-order valence-corrected chi connectivity index (χ2v) is 7.69. The molecule has 0 radical (unpaired) electrons. The number of hydrogen-bond donors (Lipinski definition) is 1. The van der Waals surface area contributed by atoms with Crippen molar-refractivity contribution in [2.24, 2.45) is 5.92 Å². The maximum Gasteiger partial charge on any atom is 0.233 e. The fraction of sp³-hybridized carbons (Fsp3) is 0.238. The number of amides is 1. The molecule has 144 valence electrons. The Morgan fingerprint density at radius 3 is 3.04 bits per heavy atom. The molecule has 1 unspecified atom stereocenters. The van der Waals surface area contributed by atoms with Crippen LogP contribution in [-0.2, 0) is 17.6 Å². The molecule has 0 saturated carbocycles. The van der Waals surface area contributed by atoms with Crippen LogP contribution in [0.1, 0.15) is 16.0 Å². The molecule has 3 aromatic rings. The van der Waals surface area contributed by atoms with Crippen molar-refractivity contribution in [2.45, 2.75) is 12.8 Å². The van der Waals surface area contributed by atoms with Gasteiger partial charge in [-0.2, -0.15) is 0 Å². The normalized spacial score (nSPS) is 15.4. The molecular weight excluding hydrogens is 379 g/mol. The van der Waals surface area contributed by atoms with Crippen molar-refractivity contribution in [3.8, 4) is 11.5 Å². The fourth-order valence-electron chi connectivity index (χ4n) is 3.15. The average Bonchev–Trinajstić information content (AvgIpc) is 3.15. The third-order valence-electron chi connectivity index (χ3n) is 4.65. The van der Waals surface area contributed by atoms with Crippen LogP contribution in [0.25, 0.3) is 0 Å². The minimum absolute atomic E-state index is 0.139. The summed E-state index contributed by atoms with van der Waals surface area (Å²) in [6.45, 7) is 0.318.